The summed E-state index contributed by atoms with van der Waals surface area (Å²) in [4.78, 5) is 26.2. The Morgan fingerprint density at radius 3 is 2.59 bits per heavy atom. The molecule has 0 radical (unpaired) electrons. The standard InChI is InChI=1S/C21H17BrN2O2S/c1-2-24-20(25)19(27-21(24)26)10-15-13-23(12-14-6-4-3-5-7-14)18-9-8-16(22)11-17(15)18/h3-11,13H,2,12H2,1H3/b19-10-. The minimum Gasteiger partial charge on any atom is -0.342 e. The summed E-state index contributed by atoms with van der Waals surface area (Å²) in [7, 11) is 0. The van der Waals surface area contributed by atoms with Crippen LogP contribution in [0.5, 0.6) is 0 Å². The summed E-state index contributed by atoms with van der Waals surface area (Å²) >= 11 is 4.54. The molecule has 6 heteroatoms. The number of imide groups is 1. The number of carbonyl (C=O) groups is 2. The van der Waals surface area contributed by atoms with Gasteiger partial charge >= 0.3 is 0 Å². The first-order valence-electron chi connectivity index (χ1n) is 8.64. The molecule has 0 unspecified atom stereocenters. The SMILES string of the molecule is CCN1C(=O)S/C(=C\c2cn(Cc3ccccc3)c3ccc(Br)cc23)C1=O. The van der Waals surface area contributed by atoms with Gasteiger partial charge in [-0.2, -0.15) is 0 Å². The highest BCUT2D eigenvalue weighted by atomic mass is 79.9. The van der Waals surface area contributed by atoms with Crippen LogP contribution in [-0.4, -0.2) is 27.2 Å². The molecule has 1 saturated heterocycles. The molecule has 0 atom stereocenters. The second-order valence-corrected chi connectivity index (χ2v) is 8.19. The summed E-state index contributed by atoms with van der Waals surface area (Å²) < 4.78 is 3.15. The van der Waals surface area contributed by atoms with Gasteiger partial charge in [-0.25, -0.2) is 0 Å². The Hall–Kier alpha value is -2.31. The van der Waals surface area contributed by atoms with Crippen LogP contribution >= 0.6 is 27.7 Å². The van der Waals surface area contributed by atoms with Gasteiger partial charge < -0.3 is 4.57 Å². The number of halogens is 1. The van der Waals surface area contributed by atoms with Crippen LogP contribution in [-0.2, 0) is 11.3 Å². The van der Waals surface area contributed by atoms with Crippen LogP contribution in [0.3, 0.4) is 0 Å². The quantitative estimate of drug-likeness (QED) is 0.502. The fourth-order valence-electron chi connectivity index (χ4n) is 3.24. The van der Waals surface area contributed by atoms with Crippen molar-refractivity contribution in [2.24, 2.45) is 0 Å². The summed E-state index contributed by atoms with van der Waals surface area (Å²) in [6.07, 6.45) is 3.88. The van der Waals surface area contributed by atoms with Gasteiger partial charge in [0, 0.05) is 40.2 Å². The number of benzene rings is 2. The molecule has 27 heavy (non-hydrogen) atoms. The van der Waals surface area contributed by atoms with Gasteiger partial charge in [0.2, 0.25) is 0 Å². The normalized spacial score (nSPS) is 16.1. The molecule has 4 nitrogen and oxygen atoms in total. The van der Waals surface area contributed by atoms with E-state index in [1.54, 1.807) is 0 Å². The molecule has 0 spiro atoms. The predicted molar refractivity (Wildman–Crippen MR) is 114 cm³/mol. The first-order valence-corrected chi connectivity index (χ1v) is 10.3. The maximum atomic E-state index is 12.5. The lowest BCUT2D eigenvalue weighted by Crippen LogP contribution is -2.27. The van der Waals surface area contributed by atoms with E-state index in [1.165, 1.54) is 10.5 Å². The van der Waals surface area contributed by atoms with Crippen molar-refractivity contribution >= 4 is 55.8 Å². The molecule has 136 valence electrons. The predicted octanol–water partition coefficient (Wildman–Crippen LogP) is 5.51. The zero-order valence-corrected chi connectivity index (χ0v) is 17.1. The number of hydrogen-bond donors (Lipinski definition) is 0. The molecule has 4 rings (SSSR count). The number of hydrogen-bond acceptors (Lipinski definition) is 3. The summed E-state index contributed by atoms with van der Waals surface area (Å²) in [5.74, 6) is -0.216. The second-order valence-electron chi connectivity index (χ2n) is 6.29. The van der Waals surface area contributed by atoms with Crippen LogP contribution in [0.1, 0.15) is 18.1 Å². The summed E-state index contributed by atoms with van der Waals surface area (Å²) in [5.41, 5.74) is 3.22. The third-order valence-electron chi connectivity index (χ3n) is 4.55. The Morgan fingerprint density at radius 1 is 1.11 bits per heavy atom. The molecule has 2 amide bonds. The number of likely N-dealkylation sites (N-methyl/N-ethyl adjacent to an activating group) is 1. The van der Waals surface area contributed by atoms with Gasteiger partial charge in [0.25, 0.3) is 11.1 Å². The van der Waals surface area contributed by atoms with Crippen molar-refractivity contribution in [2.75, 3.05) is 6.54 Å². The lowest BCUT2D eigenvalue weighted by Gasteiger charge is -2.06. The highest BCUT2D eigenvalue weighted by Crippen LogP contribution is 2.34. The van der Waals surface area contributed by atoms with Gasteiger partial charge in [0.1, 0.15) is 0 Å². The minimum absolute atomic E-state index is 0.206. The number of amides is 2. The number of fused-ring (bicyclic) bond motifs is 1. The molecular weight excluding hydrogens is 424 g/mol. The van der Waals surface area contributed by atoms with Crippen LogP contribution in [0.4, 0.5) is 4.79 Å². The minimum atomic E-state index is -0.216. The Morgan fingerprint density at radius 2 is 1.89 bits per heavy atom. The van der Waals surface area contributed by atoms with Gasteiger partial charge in [0.05, 0.1) is 4.91 Å². The molecule has 0 saturated carbocycles. The highest BCUT2D eigenvalue weighted by molar-refractivity contribution is 9.10. The van der Waals surface area contributed by atoms with Gasteiger partial charge in [-0.05, 0) is 48.5 Å². The van der Waals surface area contributed by atoms with E-state index in [1.807, 2.05) is 49.5 Å². The van der Waals surface area contributed by atoms with Gasteiger partial charge in [-0.3, -0.25) is 14.5 Å². The first-order chi connectivity index (χ1) is 13.1. The van der Waals surface area contributed by atoms with Crippen molar-refractivity contribution in [3.8, 4) is 0 Å². The van der Waals surface area contributed by atoms with E-state index in [9.17, 15) is 9.59 Å². The molecular formula is C21H17BrN2O2S. The van der Waals surface area contributed by atoms with Crippen LogP contribution in [0.2, 0.25) is 0 Å². The Labute approximate surface area is 170 Å². The van der Waals surface area contributed by atoms with Crippen molar-refractivity contribution in [2.45, 2.75) is 13.5 Å². The third kappa shape index (κ3) is 3.47. The number of aromatic nitrogens is 1. The molecule has 3 aromatic rings. The number of thioether (sulfide) groups is 1. The number of nitrogens with zero attached hydrogens (tertiary/aromatic N) is 2. The molecule has 2 heterocycles. The molecule has 0 bridgehead atoms. The molecule has 0 aliphatic carbocycles. The smallest absolute Gasteiger partial charge is 0.293 e. The molecule has 0 N–H and O–H groups in total. The zero-order valence-electron chi connectivity index (χ0n) is 14.7. The maximum absolute atomic E-state index is 12.5. The Balaban J connectivity index is 1.79. The highest BCUT2D eigenvalue weighted by Gasteiger charge is 2.33. The molecule has 1 aliphatic rings. The average Bonchev–Trinajstić information content (AvgIpc) is 3.12. The van der Waals surface area contributed by atoms with Crippen molar-refractivity contribution in [3.63, 3.8) is 0 Å². The van der Waals surface area contributed by atoms with Gasteiger partial charge in [0.15, 0.2) is 0 Å². The summed E-state index contributed by atoms with van der Waals surface area (Å²) in [5, 5.41) is 0.839. The van der Waals surface area contributed by atoms with Gasteiger partial charge in [-0.1, -0.05) is 46.3 Å². The average molecular weight is 441 g/mol. The fraction of sp³-hybridized carbons (Fsp3) is 0.143. The van der Waals surface area contributed by atoms with E-state index in [0.717, 1.165) is 39.2 Å². The van der Waals surface area contributed by atoms with Crippen LogP contribution in [0.25, 0.3) is 17.0 Å². The molecule has 1 aromatic heterocycles. The van der Waals surface area contributed by atoms with E-state index in [4.69, 9.17) is 0 Å². The monoisotopic (exact) mass is 440 g/mol. The van der Waals surface area contributed by atoms with Crippen LogP contribution in [0.15, 0.2) is 64.1 Å². The number of carbonyl (C=O) groups excluding carboxylic acids is 2. The molecule has 2 aromatic carbocycles. The van der Waals surface area contributed by atoms with E-state index < -0.39 is 0 Å². The third-order valence-corrected chi connectivity index (χ3v) is 5.95. The Kier molecular flexibility index (Phi) is 4.93. The lowest BCUT2D eigenvalue weighted by molar-refractivity contribution is -0.122. The number of rotatable bonds is 4. The summed E-state index contributed by atoms with van der Waals surface area (Å²) in [6, 6.07) is 16.4. The molecule has 1 fully saturated rings. The topological polar surface area (TPSA) is 42.3 Å². The van der Waals surface area contributed by atoms with Crippen LogP contribution in [0, 0.1) is 0 Å². The van der Waals surface area contributed by atoms with Gasteiger partial charge in [-0.15, -0.1) is 0 Å². The van der Waals surface area contributed by atoms with Crippen molar-refractivity contribution < 1.29 is 9.59 Å². The van der Waals surface area contributed by atoms with E-state index in [2.05, 4.69) is 38.7 Å². The second kappa shape index (κ2) is 7.37. The van der Waals surface area contributed by atoms with Crippen LogP contribution < -0.4 is 0 Å². The van der Waals surface area contributed by atoms with Crippen molar-refractivity contribution in [3.05, 3.63) is 75.2 Å². The van der Waals surface area contributed by atoms with Crippen molar-refractivity contribution in [1.82, 2.24) is 9.47 Å². The fourth-order valence-corrected chi connectivity index (χ4v) is 4.49. The largest absolute Gasteiger partial charge is 0.342 e. The maximum Gasteiger partial charge on any atom is 0.293 e. The van der Waals surface area contributed by atoms with E-state index >= 15 is 0 Å². The first kappa shape index (κ1) is 18.1. The van der Waals surface area contributed by atoms with E-state index in [0.29, 0.717) is 11.4 Å². The zero-order chi connectivity index (χ0) is 19.0. The summed E-state index contributed by atoms with van der Waals surface area (Å²) in [6.45, 7) is 2.94. The lowest BCUT2D eigenvalue weighted by atomic mass is 10.1. The van der Waals surface area contributed by atoms with E-state index in [-0.39, 0.29) is 11.1 Å². The van der Waals surface area contributed by atoms with Crippen molar-refractivity contribution in [1.29, 1.82) is 0 Å². The Bertz CT molecular complexity index is 1070. The molecule has 1 aliphatic heterocycles.